The van der Waals surface area contributed by atoms with Gasteiger partial charge in [-0.25, -0.2) is 29.9 Å². The van der Waals surface area contributed by atoms with E-state index in [0.29, 0.717) is 118 Å². The van der Waals surface area contributed by atoms with Crippen molar-refractivity contribution in [3.8, 4) is 11.5 Å². The number of nitrogens with zero attached hydrogens (tertiary/aromatic N) is 9. The van der Waals surface area contributed by atoms with Gasteiger partial charge in [0, 0.05) is 93.7 Å². The van der Waals surface area contributed by atoms with Crippen LogP contribution in [-0.4, -0.2) is 61.7 Å². The number of aromatic nitrogens is 6. The predicted molar refractivity (Wildman–Crippen MR) is 387 cm³/mol. The summed E-state index contributed by atoms with van der Waals surface area (Å²) in [6.07, 6.45) is 12.4. The van der Waals surface area contributed by atoms with Crippen LogP contribution >= 0.6 is 0 Å². The Bertz CT molecular complexity index is 4090. The average molecular weight is 1330 g/mol. The molecule has 12 rings (SSSR count). The zero-order valence-corrected chi connectivity index (χ0v) is 56.5. The van der Waals surface area contributed by atoms with Gasteiger partial charge in [-0.3, -0.25) is 0 Å². The Morgan fingerprint density at radius 2 is 0.776 bits per heavy atom. The van der Waals surface area contributed by atoms with E-state index in [1.807, 2.05) is 138 Å². The summed E-state index contributed by atoms with van der Waals surface area (Å²) in [7, 11) is 1.64. The van der Waals surface area contributed by atoms with Gasteiger partial charge in [0.2, 0.25) is 17.5 Å². The molecule has 0 unspecified atom stereocenters. The van der Waals surface area contributed by atoms with Crippen LogP contribution < -0.4 is 57.3 Å². The molecular formula is C78H90F3N15O2. The Balaban J connectivity index is 0.000000159. The predicted octanol–water partition coefficient (Wildman–Crippen LogP) is 14.8. The van der Waals surface area contributed by atoms with Crippen molar-refractivity contribution in [2.45, 2.75) is 142 Å². The number of methoxy groups -OCH3 is 1. The van der Waals surface area contributed by atoms with Gasteiger partial charge in [0.05, 0.1) is 13.7 Å². The first-order valence-corrected chi connectivity index (χ1v) is 33.5. The van der Waals surface area contributed by atoms with Crippen molar-refractivity contribution in [3.05, 3.63) is 274 Å². The lowest BCUT2D eigenvalue weighted by molar-refractivity contribution is 0.340. The topological polar surface area (TPSA) is 220 Å². The lowest BCUT2D eigenvalue weighted by Crippen LogP contribution is -2.27. The van der Waals surface area contributed by atoms with Crippen molar-refractivity contribution < 1.29 is 22.6 Å². The zero-order chi connectivity index (χ0) is 69.1. The van der Waals surface area contributed by atoms with Crippen LogP contribution in [0.3, 0.4) is 0 Å². The lowest BCUT2D eigenvalue weighted by Gasteiger charge is -2.25. The molecule has 9 aromatic rings. The molecule has 17 nitrogen and oxygen atoms in total. The van der Waals surface area contributed by atoms with Gasteiger partial charge in [0.1, 0.15) is 30.5 Å². The molecule has 0 radical (unpaired) electrons. The highest BCUT2D eigenvalue weighted by Gasteiger charge is 2.35. The van der Waals surface area contributed by atoms with Crippen molar-refractivity contribution in [1.29, 1.82) is 0 Å². The van der Waals surface area contributed by atoms with Crippen LogP contribution in [0.25, 0.3) is 0 Å². The summed E-state index contributed by atoms with van der Waals surface area (Å²) in [6, 6.07) is 49.2. The highest BCUT2D eigenvalue weighted by molar-refractivity contribution is 5.56. The lowest BCUT2D eigenvalue weighted by atomic mass is 10.0. The molecule has 3 aromatic heterocycles. The van der Waals surface area contributed by atoms with Gasteiger partial charge in [0.15, 0.2) is 34.9 Å². The van der Waals surface area contributed by atoms with E-state index in [0.717, 1.165) is 100 Å². The van der Waals surface area contributed by atoms with E-state index < -0.39 is 17.5 Å². The van der Waals surface area contributed by atoms with Crippen LogP contribution in [-0.2, 0) is 58.5 Å². The molecule has 0 saturated heterocycles. The molecule has 510 valence electrons. The normalized spacial score (nSPS) is 13.0. The van der Waals surface area contributed by atoms with E-state index in [1.54, 1.807) is 7.11 Å². The maximum atomic E-state index is 15.4. The molecule has 20 heteroatoms. The van der Waals surface area contributed by atoms with Gasteiger partial charge in [-0.15, -0.1) is 0 Å². The molecule has 3 saturated carbocycles. The summed E-state index contributed by atoms with van der Waals surface area (Å²) in [5.41, 5.74) is 29.8. The van der Waals surface area contributed by atoms with E-state index >= 15 is 13.2 Å². The van der Waals surface area contributed by atoms with Crippen molar-refractivity contribution in [2.24, 2.45) is 17.2 Å². The fourth-order valence-corrected chi connectivity index (χ4v) is 11.2. The fraction of sp³-hybridized carbons (Fsp3) is 0.308. The van der Waals surface area contributed by atoms with Gasteiger partial charge in [-0.2, -0.15) is 13.2 Å². The van der Waals surface area contributed by atoms with Crippen LogP contribution in [0.1, 0.15) is 121 Å². The van der Waals surface area contributed by atoms with Gasteiger partial charge in [0.25, 0.3) is 0 Å². The Labute approximate surface area is 574 Å². The zero-order valence-electron chi connectivity index (χ0n) is 56.5. The fourth-order valence-electron chi connectivity index (χ4n) is 11.2. The van der Waals surface area contributed by atoms with Crippen LogP contribution in [0.5, 0.6) is 11.5 Å². The number of hydrogen-bond acceptors (Lipinski definition) is 17. The van der Waals surface area contributed by atoms with E-state index in [-0.39, 0.29) is 23.5 Å². The van der Waals surface area contributed by atoms with Gasteiger partial charge in [-0.05, 0) is 131 Å². The van der Waals surface area contributed by atoms with E-state index in [2.05, 4.69) is 109 Å². The van der Waals surface area contributed by atoms with Gasteiger partial charge >= 0.3 is 0 Å². The van der Waals surface area contributed by atoms with E-state index in [1.165, 1.54) is 24.5 Å². The first-order chi connectivity index (χ1) is 47.5. The SMILES string of the molecule is C=C(N)Cc1ccc(CNc2ncnc(N(Cc3ccc(C(C)C)cc3)C3CC3)c2F)cc1.C=C(N)Cc1ccc(CNc2ncnc(N(Cc3ccc(OCC)cc3)C3CC3)c2F)cc1.C=C(N)Cc1ccc(CNc2ncnc(N(Cc3cccc(OC)c3)C3CC3)c2F)cc1. The summed E-state index contributed by atoms with van der Waals surface area (Å²) < 4.78 is 57.1. The van der Waals surface area contributed by atoms with Crippen LogP contribution in [0.4, 0.5) is 48.1 Å². The third-order valence-electron chi connectivity index (χ3n) is 16.9. The minimum absolute atomic E-state index is 0.200. The largest absolute Gasteiger partial charge is 0.497 e. The number of ether oxygens (including phenoxy) is 2. The van der Waals surface area contributed by atoms with Gasteiger partial charge < -0.3 is 57.3 Å². The number of allylic oxidation sites excluding steroid dienone is 3. The molecule has 3 aliphatic rings. The molecule has 3 aliphatic carbocycles. The third-order valence-corrected chi connectivity index (χ3v) is 16.9. The second kappa shape index (κ2) is 33.8. The Kier molecular flexibility index (Phi) is 24.2. The summed E-state index contributed by atoms with van der Waals surface area (Å²) in [5.74, 6) is 2.49. The van der Waals surface area contributed by atoms with E-state index in [9.17, 15) is 0 Å². The van der Waals surface area contributed by atoms with Crippen LogP contribution in [0, 0.1) is 17.5 Å². The van der Waals surface area contributed by atoms with Crippen LogP contribution in [0.2, 0.25) is 0 Å². The smallest absolute Gasteiger partial charge is 0.207 e. The highest BCUT2D eigenvalue weighted by Crippen LogP contribution is 2.38. The molecule has 9 N–H and O–H groups in total. The second-order valence-electron chi connectivity index (χ2n) is 25.5. The number of anilines is 6. The van der Waals surface area contributed by atoms with Crippen molar-refractivity contribution >= 4 is 34.9 Å². The highest BCUT2D eigenvalue weighted by atomic mass is 19.1. The number of benzene rings is 6. The Morgan fingerprint density at radius 1 is 0.449 bits per heavy atom. The Hall–Kier alpha value is -10.6. The maximum absolute atomic E-state index is 15.4. The summed E-state index contributed by atoms with van der Waals surface area (Å²) >= 11 is 0. The summed E-state index contributed by atoms with van der Waals surface area (Å²) in [6.45, 7) is 21.3. The van der Waals surface area contributed by atoms with Crippen LogP contribution in [0.15, 0.2) is 201 Å². The van der Waals surface area contributed by atoms with Crippen molar-refractivity contribution in [1.82, 2.24) is 29.9 Å². The van der Waals surface area contributed by atoms with Crippen molar-refractivity contribution in [3.63, 3.8) is 0 Å². The molecule has 0 atom stereocenters. The molecule has 98 heavy (non-hydrogen) atoms. The summed E-state index contributed by atoms with van der Waals surface area (Å²) in [5, 5.41) is 9.36. The number of nitrogens with two attached hydrogens (primary N) is 3. The molecular weight excluding hydrogens is 1240 g/mol. The number of hydrogen-bond donors (Lipinski definition) is 6. The molecule has 0 amide bonds. The van der Waals surface area contributed by atoms with E-state index in [4.69, 9.17) is 26.7 Å². The monoisotopic (exact) mass is 1330 g/mol. The second-order valence-corrected chi connectivity index (χ2v) is 25.5. The molecule has 3 fully saturated rings. The minimum Gasteiger partial charge on any atom is -0.497 e. The molecule has 3 heterocycles. The maximum Gasteiger partial charge on any atom is 0.207 e. The van der Waals surface area contributed by atoms with Gasteiger partial charge in [-0.1, -0.05) is 155 Å². The molecule has 0 spiro atoms. The number of rotatable bonds is 31. The molecule has 0 bridgehead atoms. The standard InChI is InChI=1S/C27H32FN5.C26H30FN5O.C25H28FN5O/c1-18(2)23-10-8-22(9-11-23)16-33(24-12-13-24)27-25(28)26(31-17-32-27)30-15-21-6-4-20(5-7-21)14-19(3)29;1-3-33-23-12-8-21(9-13-23)16-32(22-10-11-22)26-24(27)25(30-17-31-26)29-15-20-6-4-19(5-7-20)14-18(2)28;1-17(27)12-18-6-8-19(9-7-18)14-28-24-23(26)25(30-16-29-24)31(21-10-11-21)15-20-4-3-5-22(13-20)32-2/h4-11,17-18,24H,3,12-16,29H2,1-2H3,(H,30,31,32);4-9,12-13,17,22H,2-3,10-11,14-16,28H2,1H3,(H,29,30,31);3-9,13,16,21H,1,10-12,14-15,27H2,2H3,(H,28,29,30). The molecule has 0 aliphatic heterocycles. The minimum atomic E-state index is -0.432. The summed E-state index contributed by atoms with van der Waals surface area (Å²) in [4.78, 5) is 31.5. The Morgan fingerprint density at radius 3 is 1.09 bits per heavy atom. The van der Waals surface area contributed by atoms with Crippen molar-refractivity contribution in [2.75, 3.05) is 44.4 Å². The molecule has 6 aromatic carbocycles. The quantitative estimate of drug-likeness (QED) is 0.0238. The third kappa shape index (κ3) is 20.5. The average Bonchev–Trinajstić information content (AvgIpc) is 1.75. The number of nitrogens with one attached hydrogen (secondary N) is 3. The first kappa shape index (κ1) is 70.2. The first-order valence-electron chi connectivity index (χ1n) is 33.5. The number of halogens is 3.